The number of carbonyl (C=O) groups excluding carboxylic acids is 1. The highest BCUT2D eigenvalue weighted by Crippen LogP contribution is 2.24. The van der Waals surface area contributed by atoms with Gasteiger partial charge in [-0.05, 0) is 33.6 Å². The average Bonchev–Trinajstić information content (AvgIpc) is 2.26. The number of carboxylic acids is 1. The zero-order chi connectivity index (χ0) is 13.2. The summed E-state index contributed by atoms with van der Waals surface area (Å²) in [6, 6.07) is -0.173. The van der Waals surface area contributed by atoms with Gasteiger partial charge >= 0.3 is 12.0 Å². The van der Waals surface area contributed by atoms with Crippen molar-refractivity contribution in [2.45, 2.75) is 45.7 Å². The van der Waals surface area contributed by atoms with E-state index in [-0.39, 0.29) is 18.1 Å². The molecule has 0 aromatic heterocycles. The lowest BCUT2D eigenvalue weighted by molar-refractivity contribution is -0.145. The second kappa shape index (κ2) is 5.38. The van der Waals surface area contributed by atoms with Crippen LogP contribution in [0.1, 0.15) is 33.6 Å². The van der Waals surface area contributed by atoms with Crippen molar-refractivity contribution in [3.63, 3.8) is 0 Å². The van der Waals surface area contributed by atoms with Crippen LogP contribution in [0.4, 0.5) is 4.79 Å². The number of likely N-dealkylation sites (tertiary alicyclic amines) is 1. The van der Waals surface area contributed by atoms with Gasteiger partial charge in [-0.25, -0.2) is 4.79 Å². The first-order chi connectivity index (χ1) is 7.86. The predicted molar refractivity (Wildman–Crippen MR) is 64.8 cm³/mol. The number of nitrogens with zero attached hydrogens (tertiary/aromatic N) is 2. The maximum atomic E-state index is 12.2. The third-order valence-electron chi connectivity index (χ3n) is 3.63. The number of carbonyl (C=O) groups is 2. The van der Waals surface area contributed by atoms with Crippen LogP contribution in [0, 0.1) is 5.92 Å². The molecule has 0 unspecified atom stereocenters. The third-order valence-corrected chi connectivity index (χ3v) is 3.63. The van der Waals surface area contributed by atoms with E-state index in [1.54, 1.807) is 16.8 Å². The smallest absolute Gasteiger partial charge is 0.320 e. The molecule has 17 heavy (non-hydrogen) atoms. The Labute approximate surface area is 102 Å². The molecule has 0 saturated carbocycles. The topological polar surface area (TPSA) is 60.9 Å². The van der Waals surface area contributed by atoms with Crippen LogP contribution in [0.15, 0.2) is 0 Å². The van der Waals surface area contributed by atoms with Gasteiger partial charge in [0.25, 0.3) is 0 Å². The molecule has 5 heteroatoms. The second-order valence-corrected chi connectivity index (χ2v) is 5.01. The summed E-state index contributed by atoms with van der Waals surface area (Å²) in [6.45, 7) is 6.37. The summed E-state index contributed by atoms with van der Waals surface area (Å²) in [5.41, 5.74) is 0. The fraction of sp³-hybridized carbons (Fsp3) is 0.833. The van der Waals surface area contributed by atoms with Crippen LogP contribution >= 0.6 is 0 Å². The van der Waals surface area contributed by atoms with Crippen molar-refractivity contribution in [3.8, 4) is 0 Å². The summed E-state index contributed by atoms with van der Waals surface area (Å²) in [4.78, 5) is 26.6. The van der Waals surface area contributed by atoms with E-state index in [9.17, 15) is 9.59 Å². The number of carboxylic acid groups (broad SMARTS) is 1. The molecule has 0 aromatic rings. The van der Waals surface area contributed by atoms with Crippen LogP contribution in [0.5, 0.6) is 0 Å². The molecule has 1 heterocycles. The van der Waals surface area contributed by atoms with Crippen LogP contribution in [-0.2, 0) is 4.79 Å². The maximum Gasteiger partial charge on any atom is 0.320 e. The van der Waals surface area contributed by atoms with Crippen LogP contribution in [0.2, 0.25) is 0 Å². The monoisotopic (exact) mass is 242 g/mol. The van der Waals surface area contributed by atoms with Gasteiger partial charge in [-0.2, -0.15) is 0 Å². The Bertz CT molecular complexity index is 304. The molecular formula is C12H22N2O3. The van der Waals surface area contributed by atoms with Gasteiger partial charge in [0.15, 0.2) is 0 Å². The normalized spacial score (nSPS) is 24.9. The highest BCUT2D eigenvalue weighted by Gasteiger charge is 2.36. The van der Waals surface area contributed by atoms with E-state index in [0.717, 1.165) is 6.42 Å². The zero-order valence-corrected chi connectivity index (χ0v) is 11.0. The zero-order valence-electron chi connectivity index (χ0n) is 11.0. The summed E-state index contributed by atoms with van der Waals surface area (Å²) < 4.78 is 0. The molecule has 1 aliphatic rings. The van der Waals surface area contributed by atoms with E-state index < -0.39 is 11.9 Å². The molecule has 5 nitrogen and oxygen atoms in total. The van der Waals surface area contributed by atoms with Crippen molar-refractivity contribution in [1.82, 2.24) is 9.80 Å². The van der Waals surface area contributed by atoms with Gasteiger partial charge in [-0.1, -0.05) is 0 Å². The van der Waals surface area contributed by atoms with Gasteiger partial charge in [-0.15, -0.1) is 0 Å². The standard InChI is InChI=1S/C12H22N2O3/c1-8(2)13(4)12(17)14-7-5-6-10(9(14)3)11(15)16/h8-10H,5-7H2,1-4H3,(H,15,16)/t9-,10-/m0/s1. The number of urea groups is 1. The van der Waals surface area contributed by atoms with Gasteiger partial charge in [0.05, 0.1) is 5.92 Å². The summed E-state index contributed by atoms with van der Waals surface area (Å²) in [7, 11) is 1.75. The van der Waals surface area contributed by atoms with E-state index in [1.165, 1.54) is 0 Å². The fourth-order valence-electron chi connectivity index (χ4n) is 2.17. The van der Waals surface area contributed by atoms with Crippen LogP contribution in [-0.4, -0.2) is 52.6 Å². The molecule has 0 aromatic carbocycles. The van der Waals surface area contributed by atoms with Crippen LogP contribution in [0.3, 0.4) is 0 Å². The molecule has 1 rings (SSSR count). The van der Waals surface area contributed by atoms with Gasteiger partial charge in [-0.3, -0.25) is 4.79 Å². The second-order valence-electron chi connectivity index (χ2n) is 5.01. The number of piperidine rings is 1. The minimum Gasteiger partial charge on any atom is -0.481 e. The van der Waals surface area contributed by atoms with Crippen LogP contribution < -0.4 is 0 Å². The van der Waals surface area contributed by atoms with Crippen molar-refractivity contribution in [3.05, 3.63) is 0 Å². The number of hydrogen-bond acceptors (Lipinski definition) is 2. The first kappa shape index (κ1) is 13.8. The maximum absolute atomic E-state index is 12.2. The molecule has 0 spiro atoms. The van der Waals surface area contributed by atoms with Crippen molar-refractivity contribution in [2.24, 2.45) is 5.92 Å². The van der Waals surface area contributed by atoms with E-state index in [0.29, 0.717) is 13.0 Å². The minimum atomic E-state index is -0.804. The summed E-state index contributed by atoms with van der Waals surface area (Å²) in [5.74, 6) is -1.24. The Morgan fingerprint density at radius 3 is 2.47 bits per heavy atom. The molecule has 1 aliphatic heterocycles. The van der Waals surface area contributed by atoms with Gasteiger partial charge in [0.2, 0.25) is 0 Å². The Hall–Kier alpha value is -1.26. The SMILES string of the molecule is CC(C)N(C)C(=O)N1CCC[C@H](C(=O)O)[C@@H]1C. The van der Waals surface area contributed by atoms with E-state index in [4.69, 9.17) is 5.11 Å². The van der Waals surface area contributed by atoms with Crippen molar-refractivity contribution in [2.75, 3.05) is 13.6 Å². The number of amides is 2. The number of aliphatic carboxylic acids is 1. The molecule has 2 atom stereocenters. The molecule has 0 radical (unpaired) electrons. The van der Waals surface area contributed by atoms with E-state index in [1.807, 2.05) is 20.8 Å². The Kier molecular flexibility index (Phi) is 4.37. The summed E-state index contributed by atoms with van der Waals surface area (Å²) in [5, 5.41) is 9.10. The van der Waals surface area contributed by atoms with Crippen LogP contribution in [0.25, 0.3) is 0 Å². The Morgan fingerprint density at radius 1 is 1.41 bits per heavy atom. The molecule has 0 aliphatic carbocycles. The lowest BCUT2D eigenvalue weighted by Crippen LogP contribution is -2.54. The highest BCUT2D eigenvalue weighted by atomic mass is 16.4. The lowest BCUT2D eigenvalue weighted by Gasteiger charge is -2.40. The minimum absolute atomic E-state index is 0.0709. The Balaban J connectivity index is 2.76. The summed E-state index contributed by atoms with van der Waals surface area (Å²) in [6.07, 6.45) is 1.42. The average molecular weight is 242 g/mol. The fourth-order valence-corrected chi connectivity index (χ4v) is 2.17. The molecule has 1 N–H and O–H groups in total. The Morgan fingerprint density at radius 2 is 2.00 bits per heavy atom. The quantitative estimate of drug-likeness (QED) is 0.800. The molecule has 98 valence electrons. The third kappa shape index (κ3) is 2.90. The van der Waals surface area contributed by atoms with Gasteiger partial charge in [0, 0.05) is 25.7 Å². The summed E-state index contributed by atoms with van der Waals surface area (Å²) >= 11 is 0. The molecule has 0 bridgehead atoms. The molecular weight excluding hydrogens is 220 g/mol. The largest absolute Gasteiger partial charge is 0.481 e. The van der Waals surface area contributed by atoms with Gasteiger partial charge in [0.1, 0.15) is 0 Å². The number of rotatable bonds is 2. The first-order valence-electron chi connectivity index (χ1n) is 6.12. The lowest BCUT2D eigenvalue weighted by atomic mass is 9.90. The molecule has 2 amide bonds. The van der Waals surface area contributed by atoms with E-state index in [2.05, 4.69) is 0 Å². The van der Waals surface area contributed by atoms with Crippen molar-refractivity contribution < 1.29 is 14.7 Å². The first-order valence-corrected chi connectivity index (χ1v) is 6.12. The van der Waals surface area contributed by atoms with E-state index >= 15 is 0 Å². The van der Waals surface area contributed by atoms with Crippen molar-refractivity contribution >= 4 is 12.0 Å². The van der Waals surface area contributed by atoms with Crippen molar-refractivity contribution in [1.29, 1.82) is 0 Å². The predicted octanol–water partition coefficient (Wildman–Crippen LogP) is 1.63. The highest BCUT2D eigenvalue weighted by molar-refractivity contribution is 5.77. The molecule has 1 saturated heterocycles. The van der Waals surface area contributed by atoms with Gasteiger partial charge < -0.3 is 14.9 Å². The number of hydrogen-bond donors (Lipinski definition) is 1. The molecule has 1 fully saturated rings.